The second-order valence-electron chi connectivity index (χ2n) is 6.27. The van der Waals surface area contributed by atoms with Crippen molar-refractivity contribution >= 4 is 43.4 Å². The lowest BCUT2D eigenvalue weighted by Crippen LogP contribution is -2.15. The number of aromatic nitrogens is 3. The molecular formula is C20H16BrN5O2S. The van der Waals surface area contributed by atoms with E-state index >= 15 is 0 Å². The van der Waals surface area contributed by atoms with Crippen molar-refractivity contribution in [3.8, 4) is 11.3 Å². The largest absolute Gasteiger partial charge is 0.355 e. The molecule has 0 aliphatic heterocycles. The first-order chi connectivity index (χ1) is 14.1. The second-order valence-corrected chi connectivity index (χ2v) is 8.14. The van der Waals surface area contributed by atoms with Crippen molar-refractivity contribution in [1.82, 2.24) is 15.4 Å². The summed E-state index contributed by atoms with van der Waals surface area (Å²) in [7, 11) is 1.93. The van der Waals surface area contributed by atoms with Crippen LogP contribution in [0.25, 0.3) is 11.3 Å². The molecule has 1 N–H and O–H groups in total. The quantitative estimate of drug-likeness (QED) is 0.434. The zero-order valence-corrected chi connectivity index (χ0v) is 17.8. The van der Waals surface area contributed by atoms with Crippen LogP contribution in [0.1, 0.15) is 16.1 Å². The van der Waals surface area contributed by atoms with Crippen LogP contribution in [0.5, 0.6) is 0 Å². The Labute approximate surface area is 179 Å². The zero-order valence-electron chi connectivity index (χ0n) is 15.4. The Balaban J connectivity index is 1.41. The molecule has 146 valence electrons. The van der Waals surface area contributed by atoms with Crippen molar-refractivity contribution in [2.24, 2.45) is 0 Å². The third kappa shape index (κ3) is 4.69. The number of benzene rings is 2. The van der Waals surface area contributed by atoms with Gasteiger partial charge in [-0.1, -0.05) is 74.9 Å². The van der Waals surface area contributed by atoms with E-state index in [2.05, 4.69) is 36.6 Å². The van der Waals surface area contributed by atoms with E-state index in [9.17, 15) is 4.79 Å². The van der Waals surface area contributed by atoms with Gasteiger partial charge in [-0.15, -0.1) is 10.2 Å². The van der Waals surface area contributed by atoms with Gasteiger partial charge in [0.15, 0.2) is 11.5 Å². The molecule has 7 nitrogen and oxygen atoms in total. The number of amides is 1. The van der Waals surface area contributed by atoms with Crippen LogP contribution in [0.3, 0.4) is 0 Å². The number of carbonyl (C=O) groups excluding carboxylic acids is 1. The van der Waals surface area contributed by atoms with Gasteiger partial charge in [0, 0.05) is 29.7 Å². The Kier molecular flexibility index (Phi) is 5.68. The molecule has 4 rings (SSSR count). The van der Waals surface area contributed by atoms with Crippen LogP contribution in [0.4, 0.5) is 10.3 Å². The molecule has 2 aromatic carbocycles. The average Bonchev–Trinajstić information content (AvgIpc) is 3.39. The Morgan fingerprint density at radius 2 is 1.90 bits per heavy atom. The summed E-state index contributed by atoms with van der Waals surface area (Å²) in [5.41, 5.74) is 2.18. The van der Waals surface area contributed by atoms with Gasteiger partial charge < -0.3 is 9.42 Å². The summed E-state index contributed by atoms with van der Waals surface area (Å²) in [6, 6.07) is 19.2. The summed E-state index contributed by atoms with van der Waals surface area (Å²) in [6.07, 6.45) is 0. The first-order valence-corrected chi connectivity index (χ1v) is 10.3. The molecular weight excluding hydrogens is 454 g/mol. The number of anilines is 2. The van der Waals surface area contributed by atoms with E-state index < -0.39 is 5.91 Å². The number of hydrogen-bond donors (Lipinski definition) is 1. The third-order valence-corrected chi connectivity index (χ3v) is 5.58. The zero-order chi connectivity index (χ0) is 20.2. The highest BCUT2D eigenvalue weighted by atomic mass is 79.9. The fraction of sp³-hybridized carbons (Fsp3) is 0.100. The SMILES string of the molecule is CN(Cc1ccccc1)c1nnc(NC(=O)c2cc(-c3ccc(Br)cc3)on2)s1. The average molecular weight is 470 g/mol. The molecule has 0 radical (unpaired) electrons. The summed E-state index contributed by atoms with van der Waals surface area (Å²) >= 11 is 4.68. The standard InChI is InChI=1S/C20H16BrN5O2S/c1-26(12-13-5-3-2-4-6-13)20-24-23-19(29-20)22-18(27)16-11-17(28-25-16)14-7-9-15(21)10-8-14/h2-11H,12H2,1H3,(H,22,23,27). The Hall–Kier alpha value is -3.04. The minimum atomic E-state index is -0.398. The predicted molar refractivity (Wildman–Crippen MR) is 116 cm³/mol. The Morgan fingerprint density at radius 1 is 1.14 bits per heavy atom. The molecule has 0 atom stereocenters. The first kappa shape index (κ1) is 19.3. The van der Waals surface area contributed by atoms with Gasteiger partial charge in [0.2, 0.25) is 10.3 Å². The molecule has 0 bridgehead atoms. The molecule has 2 heterocycles. The highest BCUT2D eigenvalue weighted by Crippen LogP contribution is 2.26. The van der Waals surface area contributed by atoms with E-state index in [1.54, 1.807) is 6.07 Å². The van der Waals surface area contributed by atoms with Gasteiger partial charge in [-0.2, -0.15) is 0 Å². The molecule has 29 heavy (non-hydrogen) atoms. The molecule has 1 amide bonds. The number of nitrogens with zero attached hydrogens (tertiary/aromatic N) is 4. The van der Waals surface area contributed by atoms with Crippen molar-refractivity contribution in [3.63, 3.8) is 0 Å². The molecule has 0 aliphatic carbocycles. The van der Waals surface area contributed by atoms with Crippen LogP contribution in [0.15, 0.2) is 69.7 Å². The van der Waals surface area contributed by atoms with Crippen LogP contribution >= 0.6 is 27.3 Å². The molecule has 2 aromatic heterocycles. The van der Waals surface area contributed by atoms with Crippen LogP contribution in [0, 0.1) is 0 Å². The van der Waals surface area contributed by atoms with E-state index in [1.165, 1.54) is 16.9 Å². The summed E-state index contributed by atoms with van der Waals surface area (Å²) in [6.45, 7) is 0.698. The van der Waals surface area contributed by atoms with E-state index in [1.807, 2.05) is 66.5 Å². The molecule has 0 unspecified atom stereocenters. The van der Waals surface area contributed by atoms with Gasteiger partial charge in [-0.3, -0.25) is 10.1 Å². The first-order valence-electron chi connectivity index (χ1n) is 8.71. The molecule has 0 saturated heterocycles. The fourth-order valence-electron chi connectivity index (χ4n) is 2.64. The number of rotatable bonds is 6. The van der Waals surface area contributed by atoms with Crippen LogP contribution in [-0.2, 0) is 6.54 Å². The number of carbonyl (C=O) groups is 1. The summed E-state index contributed by atoms with van der Waals surface area (Å²) in [5.74, 6) is 0.119. The van der Waals surface area contributed by atoms with Gasteiger partial charge in [-0.25, -0.2) is 0 Å². The fourth-order valence-corrected chi connectivity index (χ4v) is 3.60. The lowest BCUT2D eigenvalue weighted by Gasteiger charge is -2.14. The van der Waals surface area contributed by atoms with E-state index in [4.69, 9.17) is 4.52 Å². The molecule has 0 aliphatic rings. The van der Waals surface area contributed by atoms with Gasteiger partial charge >= 0.3 is 0 Å². The smallest absolute Gasteiger partial charge is 0.279 e. The number of halogens is 1. The molecule has 0 saturated carbocycles. The predicted octanol–water partition coefficient (Wildman–Crippen LogP) is 4.84. The third-order valence-electron chi connectivity index (χ3n) is 4.10. The van der Waals surface area contributed by atoms with E-state index in [0.29, 0.717) is 22.6 Å². The van der Waals surface area contributed by atoms with Gasteiger partial charge in [-0.05, 0) is 17.7 Å². The van der Waals surface area contributed by atoms with Gasteiger partial charge in [0.05, 0.1) is 0 Å². The van der Waals surface area contributed by atoms with Gasteiger partial charge in [0.25, 0.3) is 5.91 Å². The topological polar surface area (TPSA) is 84.2 Å². The Bertz CT molecular complexity index is 1110. The molecule has 9 heteroatoms. The Morgan fingerprint density at radius 3 is 2.66 bits per heavy atom. The number of nitrogens with one attached hydrogen (secondary N) is 1. The summed E-state index contributed by atoms with van der Waals surface area (Å²) in [4.78, 5) is 14.4. The lowest BCUT2D eigenvalue weighted by atomic mass is 10.1. The van der Waals surface area contributed by atoms with Crippen LogP contribution in [-0.4, -0.2) is 28.3 Å². The minimum Gasteiger partial charge on any atom is -0.355 e. The molecule has 0 fully saturated rings. The minimum absolute atomic E-state index is 0.178. The summed E-state index contributed by atoms with van der Waals surface area (Å²) < 4.78 is 6.25. The highest BCUT2D eigenvalue weighted by molar-refractivity contribution is 9.10. The van der Waals surface area contributed by atoms with E-state index in [0.717, 1.165) is 10.0 Å². The molecule has 0 spiro atoms. The number of hydrogen-bond acceptors (Lipinski definition) is 7. The van der Waals surface area contributed by atoms with E-state index in [-0.39, 0.29) is 5.69 Å². The molecule has 4 aromatic rings. The van der Waals surface area contributed by atoms with Crippen LogP contribution < -0.4 is 10.2 Å². The van der Waals surface area contributed by atoms with Crippen molar-refractivity contribution in [2.75, 3.05) is 17.3 Å². The van der Waals surface area contributed by atoms with Crippen molar-refractivity contribution in [2.45, 2.75) is 6.54 Å². The second kappa shape index (κ2) is 8.54. The normalized spacial score (nSPS) is 10.7. The van der Waals surface area contributed by atoms with Crippen molar-refractivity contribution in [1.29, 1.82) is 0 Å². The maximum Gasteiger partial charge on any atom is 0.279 e. The monoisotopic (exact) mass is 469 g/mol. The van der Waals surface area contributed by atoms with Crippen LogP contribution in [0.2, 0.25) is 0 Å². The highest BCUT2D eigenvalue weighted by Gasteiger charge is 2.17. The van der Waals surface area contributed by atoms with Gasteiger partial charge in [0.1, 0.15) is 0 Å². The van der Waals surface area contributed by atoms with Crippen molar-refractivity contribution < 1.29 is 9.32 Å². The maximum atomic E-state index is 12.5. The van der Waals surface area contributed by atoms with Crippen molar-refractivity contribution in [3.05, 3.63) is 76.4 Å². The lowest BCUT2D eigenvalue weighted by molar-refractivity contribution is 0.101. The maximum absolute atomic E-state index is 12.5. The summed E-state index contributed by atoms with van der Waals surface area (Å²) in [5, 5.41) is 15.9.